The van der Waals surface area contributed by atoms with Gasteiger partial charge in [-0.15, -0.1) is 5.10 Å². The van der Waals surface area contributed by atoms with Crippen molar-refractivity contribution in [3.8, 4) is 0 Å². The highest BCUT2D eigenvalue weighted by Crippen LogP contribution is 2.43. The van der Waals surface area contributed by atoms with Crippen molar-refractivity contribution in [2.24, 2.45) is 5.41 Å². The maximum Gasteiger partial charge on any atom is 0.342 e. The summed E-state index contributed by atoms with van der Waals surface area (Å²) < 4.78 is 5.31. The number of ether oxygens (including phenoxy) is 1. The number of rotatable bonds is 3. The highest BCUT2D eigenvalue weighted by atomic mass is 16.5. The molecule has 0 spiro atoms. The zero-order valence-electron chi connectivity index (χ0n) is 10.0. The van der Waals surface area contributed by atoms with Crippen LogP contribution in [0.1, 0.15) is 20.3 Å². The van der Waals surface area contributed by atoms with Gasteiger partial charge in [0.15, 0.2) is 0 Å². The van der Waals surface area contributed by atoms with Crippen molar-refractivity contribution in [1.82, 2.24) is 15.2 Å². The van der Waals surface area contributed by atoms with Crippen molar-refractivity contribution in [3.63, 3.8) is 0 Å². The molecule has 7 heteroatoms. The summed E-state index contributed by atoms with van der Waals surface area (Å²) in [6, 6.07) is 0.104. The normalized spacial score (nSPS) is 26.3. The molecule has 1 saturated carbocycles. The zero-order chi connectivity index (χ0) is 12.6. The van der Waals surface area contributed by atoms with Crippen molar-refractivity contribution in [3.05, 3.63) is 20.8 Å². The Hall–Kier alpha value is -1.63. The van der Waals surface area contributed by atoms with E-state index in [1.165, 1.54) is 0 Å². The summed E-state index contributed by atoms with van der Waals surface area (Å²) in [6.07, 6.45) is 0.978. The number of aromatic amines is 2. The minimum Gasteiger partial charge on any atom is -0.381 e. The van der Waals surface area contributed by atoms with Crippen molar-refractivity contribution in [1.29, 1.82) is 0 Å². The number of methoxy groups -OCH3 is 1. The highest BCUT2D eigenvalue weighted by Gasteiger charge is 2.48. The van der Waals surface area contributed by atoms with E-state index in [0.717, 1.165) is 6.42 Å². The first kappa shape index (κ1) is 11.8. The fourth-order valence-electron chi connectivity index (χ4n) is 2.14. The van der Waals surface area contributed by atoms with Gasteiger partial charge in [-0.2, -0.15) is 0 Å². The monoisotopic (exact) mass is 240 g/mol. The van der Waals surface area contributed by atoms with Gasteiger partial charge in [-0.25, -0.2) is 9.89 Å². The maximum absolute atomic E-state index is 11.4. The Balaban J connectivity index is 2.13. The van der Waals surface area contributed by atoms with Crippen LogP contribution in [0.15, 0.2) is 9.59 Å². The molecule has 0 aliphatic heterocycles. The van der Waals surface area contributed by atoms with Gasteiger partial charge < -0.3 is 10.1 Å². The molecular formula is C10H16N4O3. The Morgan fingerprint density at radius 2 is 2.18 bits per heavy atom. The Bertz CT molecular complexity index is 519. The summed E-state index contributed by atoms with van der Waals surface area (Å²) in [5, 5.41) is 8.90. The first-order valence-corrected chi connectivity index (χ1v) is 5.43. The molecule has 2 atom stereocenters. The number of aromatic nitrogens is 3. The van der Waals surface area contributed by atoms with Crippen LogP contribution in [0.5, 0.6) is 0 Å². The molecule has 2 rings (SSSR count). The second-order valence-electron chi connectivity index (χ2n) is 4.83. The first-order chi connectivity index (χ1) is 7.95. The average molecular weight is 240 g/mol. The molecule has 17 heavy (non-hydrogen) atoms. The van der Waals surface area contributed by atoms with Crippen LogP contribution in [-0.4, -0.2) is 34.4 Å². The summed E-state index contributed by atoms with van der Waals surface area (Å²) in [5.41, 5.74) is -1.19. The number of hydrogen-bond acceptors (Lipinski definition) is 5. The Kier molecular flexibility index (Phi) is 2.78. The van der Waals surface area contributed by atoms with Crippen molar-refractivity contribution >= 4 is 5.82 Å². The van der Waals surface area contributed by atoms with E-state index in [9.17, 15) is 9.59 Å². The minimum absolute atomic E-state index is 0.0704. The third-order valence-corrected chi connectivity index (χ3v) is 3.48. The Labute approximate surface area is 97.6 Å². The van der Waals surface area contributed by atoms with E-state index in [-0.39, 0.29) is 23.4 Å². The molecule has 0 saturated heterocycles. The molecule has 94 valence electrons. The molecule has 1 aliphatic carbocycles. The lowest BCUT2D eigenvalue weighted by atomic mass is 9.64. The molecule has 1 aromatic heterocycles. The van der Waals surface area contributed by atoms with E-state index in [2.05, 4.69) is 34.3 Å². The molecule has 0 bridgehead atoms. The smallest absolute Gasteiger partial charge is 0.342 e. The highest BCUT2D eigenvalue weighted by molar-refractivity contribution is 5.33. The minimum atomic E-state index is -0.608. The fraction of sp³-hybridized carbons (Fsp3) is 0.700. The van der Waals surface area contributed by atoms with Crippen molar-refractivity contribution < 1.29 is 4.74 Å². The van der Waals surface area contributed by atoms with Crippen LogP contribution in [0, 0.1) is 5.41 Å². The third kappa shape index (κ3) is 1.97. The van der Waals surface area contributed by atoms with Crippen LogP contribution in [0.2, 0.25) is 0 Å². The molecule has 0 aromatic carbocycles. The molecule has 1 heterocycles. The van der Waals surface area contributed by atoms with Crippen molar-refractivity contribution in [2.45, 2.75) is 32.4 Å². The van der Waals surface area contributed by atoms with Gasteiger partial charge in [0.25, 0.3) is 5.56 Å². The standard InChI is InChI=1S/C10H16N4O3/c1-10(2)5(4-6(10)17-3)11-7-8(15)12-9(16)14-13-7/h5-6H,4H2,1-3H3,(H,11,13)(H2,12,14,15,16). The fourth-order valence-corrected chi connectivity index (χ4v) is 2.14. The Morgan fingerprint density at radius 3 is 2.71 bits per heavy atom. The predicted octanol–water partition coefficient (Wildman–Crippen LogP) is -0.316. The number of nitrogens with one attached hydrogen (secondary N) is 3. The van der Waals surface area contributed by atoms with Crippen LogP contribution in [0.4, 0.5) is 5.82 Å². The van der Waals surface area contributed by atoms with Gasteiger partial charge >= 0.3 is 5.69 Å². The summed E-state index contributed by atoms with van der Waals surface area (Å²) in [5.74, 6) is 0.136. The average Bonchev–Trinajstić information content (AvgIpc) is 2.26. The third-order valence-electron chi connectivity index (χ3n) is 3.48. The molecule has 2 unspecified atom stereocenters. The molecule has 0 radical (unpaired) electrons. The SMILES string of the molecule is COC1CC(Nc2n[nH]c(=O)[nH]c2=O)C1(C)C. The first-order valence-electron chi connectivity index (χ1n) is 5.43. The number of anilines is 1. The molecule has 1 aliphatic rings. The van der Waals surface area contributed by atoms with E-state index in [4.69, 9.17) is 4.74 Å². The van der Waals surface area contributed by atoms with E-state index in [1.807, 2.05) is 0 Å². The van der Waals surface area contributed by atoms with Crippen molar-refractivity contribution in [2.75, 3.05) is 12.4 Å². The molecule has 0 amide bonds. The molecular weight excluding hydrogens is 224 g/mol. The molecule has 1 fully saturated rings. The van der Waals surface area contributed by atoms with E-state index < -0.39 is 11.2 Å². The zero-order valence-corrected chi connectivity index (χ0v) is 10.0. The summed E-state index contributed by atoms with van der Waals surface area (Å²) in [6.45, 7) is 4.12. The predicted molar refractivity (Wildman–Crippen MR) is 62.1 cm³/mol. The van der Waals surface area contributed by atoms with Gasteiger partial charge in [0.1, 0.15) is 0 Å². The van der Waals surface area contributed by atoms with Gasteiger partial charge in [0, 0.05) is 18.6 Å². The summed E-state index contributed by atoms with van der Waals surface area (Å²) >= 11 is 0. The van der Waals surface area contributed by atoms with Gasteiger partial charge in [-0.3, -0.25) is 9.78 Å². The van der Waals surface area contributed by atoms with E-state index >= 15 is 0 Å². The summed E-state index contributed by atoms with van der Waals surface area (Å²) in [4.78, 5) is 24.4. The van der Waals surface area contributed by atoms with Gasteiger partial charge in [-0.05, 0) is 6.42 Å². The largest absolute Gasteiger partial charge is 0.381 e. The number of H-pyrrole nitrogens is 2. The van der Waals surface area contributed by atoms with Gasteiger partial charge in [0.2, 0.25) is 5.82 Å². The maximum atomic E-state index is 11.4. The lowest BCUT2D eigenvalue weighted by molar-refractivity contribution is -0.0796. The molecule has 7 nitrogen and oxygen atoms in total. The van der Waals surface area contributed by atoms with Crippen LogP contribution in [0.25, 0.3) is 0 Å². The molecule has 3 N–H and O–H groups in total. The lowest BCUT2D eigenvalue weighted by Gasteiger charge is -2.51. The Morgan fingerprint density at radius 1 is 1.47 bits per heavy atom. The van der Waals surface area contributed by atoms with Gasteiger partial charge in [0.05, 0.1) is 6.10 Å². The van der Waals surface area contributed by atoms with Crippen LogP contribution < -0.4 is 16.6 Å². The van der Waals surface area contributed by atoms with Crippen LogP contribution >= 0.6 is 0 Å². The van der Waals surface area contributed by atoms with E-state index in [1.54, 1.807) is 7.11 Å². The number of nitrogens with zero attached hydrogens (tertiary/aromatic N) is 1. The molecule has 1 aromatic rings. The quantitative estimate of drug-likeness (QED) is 0.672. The van der Waals surface area contributed by atoms with Crippen LogP contribution in [0.3, 0.4) is 0 Å². The number of hydrogen-bond donors (Lipinski definition) is 3. The lowest BCUT2D eigenvalue weighted by Crippen LogP contribution is -2.58. The van der Waals surface area contributed by atoms with Gasteiger partial charge in [-0.1, -0.05) is 13.8 Å². The second-order valence-corrected chi connectivity index (χ2v) is 4.83. The summed E-state index contributed by atoms with van der Waals surface area (Å²) in [7, 11) is 1.67. The topological polar surface area (TPSA) is 99.9 Å². The van der Waals surface area contributed by atoms with Crippen LogP contribution in [-0.2, 0) is 4.74 Å². The van der Waals surface area contributed by atoms with E-state index in [0.29, 0.717) is 0 Å². The second kappa shape index (κ2) is 3.99.